The average molecular weight is 206 g/mol. The molecule has 0 aliphatic carbocycles. The van der Waals surface area contributed by atoms with Gasteiger partial charge in [0.15, 0.2) is 6.39 Å². The Kier molecular flexibility index (Phi) is 2.06. The standard InChI is InChI=1S/C5H4BrNO3/c6-1-3-4(5(8)9)10-2-7-3/h2H,1H2,(H,8,9). The Morgan fingerprint density at radius 2 is 2.60 bits per heavy atom. The third-order valence-electron chi connectivity index (χ3n) is 0.962. The molecule has 1 rings (SSSR count). The third kappa shape index (κ3) is 1.18. The molecule has 0 saturated heterocycles. The molecular weight excluding hydrogens is 202 g/mol. The number of aromatic carboxylic acids is 1. The highest BCUT2D eigenvalue weighted by molar-refractivity contribution is 9.08. The van der Waals surface area contributed by atoms with Crippen LogP contribution in [-0.4, -0.2) is 16.1 Å². The van der Waals surface area contributed by atoms with Crippen LogP contribution in [0.3, 0.4) is 0 Å². The molecule has 0 fully saturated rings. The molecule has 1 heterocycles. The van der Waals surface area contributed by atoms with Crippen molar-refractivity contribution in [3.8, 4) is 0 Å². The van der Waals surface area contributed by atoms with Gasteiger partial charge in [-0.05, 0) is 0 Å². The molecule has 0 radical (unpaired) electrons. The van der Waals surface area contributed by atoms with Gasteiger partial charge in [0.1, 0.15) is 5.69 Å². The van der Waals surface area contributed by atoms with Crippen molar-refractivity contribution in [2.45, 2.75) is 5.33 Å². The Bertz CT molecular complexity index is 245. The van der Waals surface area contributed by atoms with Gasteiger partial charge in [0, 0.05) is 5.33 Å². The van der Waals surface area contributed by atoms with E-state index in [1.54, 1.807) is 0 Å². The van der Waals surface area contributed by atoms with E-state index in [0.29, 0.717) is 11.0 Å². The minimum absolute atomic E-state index is 0.100. The van der Waals surface area contributed by atoms with Crippen LogP contribution in [0.15, 0.2) is 10.8 Å². The zero-order valence-corrected chi connectivity index (χ0v) is 6.46. The number of aromatic nitrogens is 1. The first-order valence-electron chi connectivity index (χ1n) is 2.47. The van der Waals surface area contributed by atoms with E-state index in [1.165, 1.54) is 0 Å². The summed E-state index contributed by atoms with van der Waals surface area (Å²) in [7, 11) is 0. The van der Waals surface area contributed by atoms with Crippen LogP contribution in [0.4, 0.5) is 0 Å². The minimum Gasteiger partial charge on any atom is -0.475 e. The van der Waals surface area contributed by atoms with E-state index in [1.807, 2.05) is 0 Å². The SMILES string of the molecule is O=C(O)c1ocnc1CBr. The minimum atomic E-state index is -1.09. The number of halogens is 1. The summed E-state index contributed by atoms with van der Waals surface area (Å²) >= 11 is 3.07. The van der Waals surface area contributed by atoms with Crippen molar-refractivity contribution in [2.75, 3.05) is 0 Å². The van der Waals surface area contributed by atoms with Gasteiger partial charge in [0.25, 0.3) is 0 Å². The molecule has 0 amide bonds. The summed E-state index contributed by atoms with van der Waals surface area (Å²) in [6, 6.07) is 0. The molecule has 1 N–H and O–H groups in total. The van der Waals surface area contributed by atoms with Gasteiger partial charge in [-0.15, -0.1) is 0 Å². The lowest BCUT2D eigenvalue weighted by atomic mass is 10.4. The van der Waals surface area contributed by atoms with Crippen molar-refractivity contribution < 1.29 is 14.3 Å². The van der Waals surface area contributed by atoms with Gasteiger partial charge < -0.3 is 9.52 Å². The molecule has 1 aromatic rings. The van der Waals surface area contributed by atoms with E-state index >= 15 is 0 Å². The van der Waals surface area contributed by atoms with Crippen LogP contribution in [0.2, 0.25) is 0 Å². The molecule has 0 atom stereocenters. The number of rotatable bonds is 2. The van der Waals surface area contributed by atoms with Crippen molar-refractivity contribution >= 4 is 21.9 Å². The summed E-state index contributed by atoms with van der Waals surface area (Å²) in [5.41, 5.74) is 0.410. The number of carboxylic acids is 1. The summed E-state index contributed by atoms with van der Waals surface area (Å²) in [6.45, 7) is 0. The number of alkyl halides is 1. The fourth-order valence-corrected chi connectivity index (χ4v) is 0.938. The second-order valence-corrected chi connectivity index (χ2v) is 2.13. The van der Waals surface area contributed by atoms with Crippen LogP contribution in [0.5, 0.6) is 0 Å². The number of nitrogens with zero attached hydrogens (tertiary/aromatic N) is 1. The van der Waals surface area contributed by atoms with Gasteiger partial charge in [-0.2, -0.15) is 0 Å². The van der Waals surface area contributed by atoms with E-state index in [4.69, 9.17) is 5.11 Å². The summed E-state index contributed by atoms with van der Waals surface area (Å²) in [5, 5.41) is 8.83. The molecule has 54 valence electrons. The third-order valence-corrected chi connectivity index (χ3v) is 1.49. The summed E-state index contributed by atoms with van der Waals surface area (Å²) in [5.74, 6) is -1.19. The van der Waals surface area contributed by atoms with Gasteiger partial charge >= 0.3 is 5.97 Å². The zero-order chi connectivity index (χ0) is 7.56. The molecule has 0 unspecified atom stereocenters. The quantitative estimate of drug-likeness (QED) is 0.740. The first kappa shape index (κ1) is 7.27. The smallest absolute Gasteiger partial charge is 0.373 e. The highest BCUT2D eigenvalue weighted by atomic mass is 79.9. The maximum atomic E-state index is 10.3. The van der Waals surface area contributed by atoms with Crippen LogP contribution in [0.1, 0.15) is 16.2 Å². The lowest BCUT2D eigenvalue weighted by Crippen LogP contribution is -1.97. The molecule has 0 aliphatic rings. The van der Waals surface area contributed by atoms with E-state index in [-0.39, 0.29) is 5.76 Å². The van der Waals surface area contributed by atoms with Crippen LogP contribution < -0.4 is 0 Å². The van der Waals surface area contributed by atoms with Crippen molar-refractivity contribution in [1.82, 2.24) is 4.98 Å². The maximum absolute atomic E-state index is 10.3. The summed E-state index contributed by atoms with van der Waals surface area (Å²) in [6.07, 6.45) is 1.11. The molecular formula is C5H4BrNO3. The monoisotopic (exact) mass is 205 g/mol. The van der Waals surface area contributed by atoms with Gasteiger partial charge in [-0.3, -0.25) is 0 Å². The second-order valence-electron chi connectivity index (χ2n) is 1.57. The van der Waals surface area contributed by atoms with Crippen molar-refractivity contribution in [1.29, 1.82) is 0 Å². The van der Waals surface area contributed by atoms with Gasteiger partial charge in [0.2, 0.25) is 5.76 Å². The topological polar surface area (TPSA) is 63.3 Å². The predicted molar refractivity (Wildman–Crippen MR) is 36.1 cm³/mol. The first-order valence-corrected chi connectivity index (χ1v) is 3.59. The molecule has 0 aromatic carbocycles. The Labute approximate surface area is 65.0 Å². The maximum Gasteiger partial charge on any atom is 0.373 e. The normalized spacial score (nSPS) is 9.70. The fourth-order valence-electron chi connectivity index (χ4n) is 0.538. The highest BCUT2D eigenvalue weighted by Crippen LogP contribution is 2.09. The molecule has 0 bridgehead atoms. The number of oxazole rings is 1. The number of carboxylic acid groups (broad SMARTS) is 1. The van der Waals surface area contributed by atoms with E-state index < -0.39 is 5.97 Å². The Balaban J connectivity index is 3.01. The Hall–Kier alpha value is -0.840. The summed E-state index contributed by atoms with van der Waals surface area (Å²) in [4.78, 5) is 13.9. The Morgan fingerprint density at radius 3 is 3.00 bits per heavy atom. The van der Waals surface area contributed by atoms with Crippen molar-refractivity contribution in [2.24, 2.45) is 0 Å². The van der Waals surface area contributed by atoms with Gasteiger partial charge in [-0.25, -0.2) is 9.78 Å². The number of hydrogen-bond donors (Lipinski definition) is 1. The largest absolute Gasteiger partial charge is 0.475 e. The lowest BCUT2D eigenvalue weighted by molar-refractivity contribution is 0.0661. The van der Waals surface area contributed by atoms with Crippen molar-refractivity contribution in [3.05, 3.63) is 17.8 Å². The van der Waals surface area contributed by atoms with E-state index in [0.717, 1.165) is 6.39 Å². The van der Waals surface area contributed by atoms with Crippen molar-refractivity contribution in [3.63, 3.8) is 0 Å². The van der Waals surface area contributed by atoms with Gasteiger partial charge in [-0.1, -0.05) is 15.9 Å². The lowest BCUT2D eigenvalue weighted by Gasteiger charge is -1.86. The first-order chi connectivity index (χ1) is 4.75. The fraction of sp³-hybridized carbons (Fsp3) is 0.200. The predicted octanol–water partition coefficient (Wildman–Crippen LogP) is 1.27. The van der Waals surface area contributed by atoms with E-state index in [9.17, 15) is 4.79 Å². The average Bonchev–Trinajstić information content (AvgIpc) is 2.33. The molecule has 0 spiro atoms. The number of carbonyl (C=O) groups is 1. The second kappa shape index (κ2) is 2.83. The molecule has 5 heteroatoms. The van der Waals surface area contributed by atoms with Crippen LogP contribution in [0.25, 0.3) is 0 Å². The highest BCUT2D eigenvalue weighted by Gasteiger charge is 2.13. The van der Waals surface area contributed by atoms with Crippen LogP contribution in [-0.2, 0) is 5.33 Å². The molecule has 4 nitrogen and oxygen atoms in total. The number of hydrogen-bond acceptors (Lipinski definition) is 3. The molecule has 0 aliphatic heterocycles. The molecule has 0 saturated carbocycles. The summed E-state index contributed by atoms with van der Waals surface area (Å²) < 4.78 is 4.58. The zero-order valence-electron chi connectivity index (χ0n) is 4.87. The Morgan fingerprint density at radius 1 is 1.90 bits per heavy atom. The van der Waals surface area contributed by atoms with E-state index in [2.05, 4.69) is 25.3 Å². The van der Waals surface area contributed by atoms with Gasteiger partial charge in [0.05, 0.1) is 0 Å². The molecule has 10 heavy (non-hydrogen) atoms. The molecule has 1 aromatic heterocycles. The van der Waals surface area contributed by atoms with Crippen LogP contribution in [0, 0.1) is 0 Å². The van der Waals surface area contributed by atoms with Crippen LogP contribution >= 0.6 is 15.9 Å².